The molecule has 0 spiro atoms. The lowest BCUT2D eigenvalue weighted by atomic mass is 9.87. The van der Waals surface area contributed by atoms with E-state index in [1.54, 1.807) is 17.1 Å². The van der Waals surface area contributed by atoms with E-state index in [9.17, 15) is 9.90 Å². The first-order chi connectivity index (χ1) is 13.6. The van der Waals surface area contributed by atoms with Crippen LogP contribution in [0.15, 0.2) is 49.2 Å². The molecule has 144 valence electrons. The maximum atomic E-state index is 12.0. The summed E-state index contributed by atoms with van der Waals surface area (Å²) in [6, 6.07) is 5.64. The molecule has 0 saturated carbocycles. The maximum Gasteiger partial charge on any atom is 0.331 e. The van der Waals surface area contributed by atoms with Crippen molar-refractivity contribution in [2.75, 3.05) is 13.1 Å². The van der Waals surface area contributed by atoms with Crippen molar-refractivity contribution in [3.05, 3.63) is 60.3 Å². The summed E-state index contributed by atoms with van der Waals surface area (Å²) in [4.78, 5) is 27.3. The molecule has 0 bridgehead atoms. The van der Waals surface area contributed by atoms with Gasteiger partial charge in [0, 0.05) is 50.0 Å². The lowest BCUT2D eigenvalue weighted by Crippen LogP contribution is -2.51. The van der Waals surface area contributed by atoms with Crippen molar-refractivity contribution in [2.45, 2.75) is 31.8 Å². The Morgan fingerprint density at radius 3 is 2.46 bits per heavy atom. The van der Waals surface area contributed by atoms with Crippen LogP contribution in [0.3, 0.4) is 0 Å². The molecule has 0 amide bonds. The van der Waals surface area contributed by atoms with Gasteiger partial charge in [0.2, 0.25) is 0 Å². The molecule has 0 aromatic carbocycles. The van der Waals surface area contributed by atoms with E-state index in [4.69, 9.17) is 0 Å². The van der Waals surface area contributed by atoms with Crippen molar-refractivity contribution < 1.29 is 9.90 Å². The smallest absolute Gasteiger partial charge is 0.331 e. The highest BCUT2D eigenvalue weighted by Gasteiger charge is 2.44. The van der Waals surface area contributed by atoms with Crippen LogP contribution in [-0.2, 0) is 16.9 Å². The molecule has 8 heteroatoms. The summed E-state index contributed by atoms with van der Waals surface area (Å²) >= 11 is 0. The van der Waals surface area contributed by atoms with Crippen LogP contribution in [-0.4, -0.2) is 53.8 Å². The van der Waals surface area contributed by atoms with Gasteiger partial charge in [-0.2, -0.15) is 5.10 Å². The van der Waals surface area contributed by atoms with Crippen LogP contribution < -0.4 is 0 Å². The molecule has 1 fully saturated rings. The van der Waals surface area contributed by atoms with Gasteiger partial charge >= 0.3 is 5.97 Å². The average Bonchev–Trinajstić information content (AvgIpc) is 3.16. The van der Waals surface area contributed by atoms with E-state index in [0.29, 0.717) is 38.3 Å². The third-order valence-corrected chi connectivity index (χ3v) is 5.24. The number of carboxylic acid groups (broad SMARTS) is 1. The topological polar surface area (TPSA) is 97.0 Å². The molecular weight excluding hydrogens is 356 g/mol. The Morgan fingerprint density at radius 1 is 1.14 bits per heavy atom. The second-order valence-corrected chi connectivity index (χ2v) is 7.21. The first-order valence-electron chi connectivity index (χ1n) is 9.27. The van der Waals surface area contributed by atoms with Crippen LogP contribution in [0, 0.1) is 6.92 Å². The number of carbonyl (C=O) groups is 1. The van der Waals surface area contributed by atoms with Crippen LogP contribution in [0.1, 0.15) is 24.0 Å². The second-order valence-electron chi connectivity index (χ2n) is 7.21. The fourth-order valence-electron chi connectivity index (χ4n) is 3.59. The molecule has 1 aliphatic heterocycles. The second kappa shape index (κ2) is 7.47. The molecule has 3 aromatic heterocycles. The summed E-state index contributed by atoms with van der Waals surface area (Å²) < 4.78 is 1.62. The Labute approximate surface area is 162 Å². The number of aryl methyl sites for hydroxylation is 1. The van der Waals surface area contributed by atoms with Gasteiger partial charge in [0.1, 0.15) is 5.69 Å². The Balaban J connectivity index is 1.42. The van der Waals surface area contributed by atoms with Gasteiger partial charge in [-0.25, -0.2) is 14.8 Å². The van der Waals surface area contributed by atoms with Gasteiger partial charge in [0.15, 0.2) is 11.4 Å². The summed E-state index contributed by atoms with van der Waals surface area (Å²) in [5.41, 5.74) is 1.74. The number of aromatic nitrogens is 5. The van der Waals surface area contributed by atoms with E-state index in [1.165, 1.54) is 0 Å². The molecule has 3 aromatic rings. The fraction of sp³-hybridized carbons (Fsp3) is 0.350. The first-order valence-corrected chi connectivity index (χ1v) is 9.27. The van der Waals surface area contributed by atoms with E-state index in [2.05, 4.69) is 25.0 Å². The molecule has 1 aliphatic rings. The van der Waals surface area contributed by atoms with Gasteiger partial charge in [-0.3, -0.25) is 14.6 Å². The van der Waals surface area contributed by atoms with Crippen molar-refractivity contribution in [1.82, 2.24) is 29.6 Å². The van der Waals surface area contributed by atoms with E-state index in [1.807, 2.05) is 43.7 Å². The van der Waals surface area contributed by atoms with Gasteiger partial charge in [-0.1, -0.05) is 6.07 Å². The highest BCUT2D eigenvalue weighted by Crippen LogP contribution is 2.31. The van der Waals surface area contributed by atoms with E-state index < -0.39 is 11.5 Å². The zero-order valence-electron chi connectivity index (χ0n) is 15.7. The summed E-state index contributed by atoms with van der Waals surface area (Å²) in [5.74, 6) is -0.222. The predicted molar refractivity (Wildman–Crippen MR) is 102 cm³/mol. The number of aliphatic carboxylic acids is 1. The quantitative estimate of drug-likeness (QED) is 0.726. The minimum Gasteiger partial charge on any atom is -0.479 e. The Hall–Kier alpha value is -3.13. The van der Waals surface area contributed by atoms with Crippen LogP contribution in [0.25, 0.3) is 11.5 Å². The lowest BCUT2D eigenvalue weighted by molar-refractivity contribution is -0.151. The number of hydrogen-bond acceptors (Lipinski definition) is 6. The van der Waals surface area contributed by atoms with Crippen molar-refractivity contribution in [3.8, 4) is 11.5 Å². The predicted octanol–water partition coefficient (Wildman–Crippen LogP) is 2.12. The molecule has 1 saturated heterocycles. The number of carboxylic acids is 1. The zero-order valence-corrected chi connectivity index (χ0v) is 15.7. The van der Waals surface area contributed by atoms with Crippen LogP contribution in [0.2, 0.25) is 0 Å². The molecule has 28 heavy (non-hydrogen) atoms. The maximum absolute atomic E-state index is 12.0. The summed E-state index contributed by atoms with van der Waals surface area (Å²) in [5, 5.41) is 14.1. The summed E-state index contributed by atoms with van der Waals surface area (Å²) in [7, 11) is 0. The van der Waals surface area contributed by atoms with E-state index in [-0.39, 0.29) is 0 Å². The first kappa shape index (κ1) is 18.2. The normalized spacial score (nSPS) is 16.8. The van der Waals surface area contributed by atoms with Crippen molar-refractivity contribution in [1.29, 1.82) is 0 Å². The minimum absolute atomic E-state index is 0.510. The largest absolute Gasteiger partial charge is 0.479 e. The summed E-state index contributed by atoms with van der Waals surface area (Å²) in [6.45, 7) is 3.96. The molecule has 0 unspecified atom stereocenters. The molecule has 1 N–H and O–H groups in total. The molecule has 0 atom stereocenters. The third-order valence-electron chi connectivity index (χ3n) is 5.24. The van der Waals surface area contributed by atoms with E-state index in [0.717, 1.165) is 16.8 Å². The number of pyridine rings is 1. The molecule has 0 aliphatic carbocycles. The third kappa shape index (κ3) is 3.50. The lowest BCUT2D eigenvalue weighted by Gasteiger charge is -2.38. The Kier molecular flexibility index (Phi) is 4.87. The SMILES string of the molecule is Cc1cnn(C2(C(=O)O)CCN(Cc3cnc(-c4ccccn4)nc3)CC2)c1. The molecule has 4 rings (SSSR count). The number of hydrogen-bond donors (Lipinski definition) is 1. The highest BCUT2D eigenvalue weighted by atomic mass is 16.4. The van der Waals surface area contributed by atoms with Gasteiger partial charge < -0.3 is 5.11 Å². The van der Waals surface area contributed by atoms with E-state index >= 15 is 0 Å². The van der Waals surface area contributed by atoms with Gasteiger partial charge in [0.25, 0.3) is 0 Å². The monoisotopic (exact) mass is 378 g/mol. The summed E-state index contributed by atoms with van der Waals surface area (Å²) in [6.07, 6.45) is 9.88. The standard InChI is InChI=1S/C20H22N6O2/c1-15-10-24-26(13-15)20(19(27)28)5-8-25(9-6-20)14-16-11-22-18(23-12-16)17-4-2-3-7-21-17/h2-4,7,10-13H,5-6,8-9,14H2,1H3,(H,27,28). The van der Waals surface area contributed by atoms with Crippen LogP contribution >= 0.6 is 0 Å². The zero-order chi connectivity index (χ0) is 19.6. The molecule has 8 nitrogen and oxygen atoms in total. The van der Waals surface area contributed by atoms with Crippen molar-refractivity contribution in [2.24, 2.45) is 0 Å². The van der Waals surface area contributed by atoms with Crippen molar-refractivity contribution in [3.63, 3.8) is 0 Å². The Morgan fingerprint density at radius 2 is 1.89 bits per heavy atom. The fourth-order valence-corrected chi connectivity index (χ4v) is 3.59. The van der Waals surface area contributed by atoms with Crippen LogP contribution in [0.5, 0.6) is 0 Å². The molecular formula is C20H22N6O2. The number of nitrogens with zero attached hydrogens (tertiary/aromatic N) is 6. The molecule has 4 heterocycles. The van der Waals surface area contributed by atoms with Crippen molar-refractivity contribution >= 4 is 5.97 Å². The number of piperidine rings is 1. The number of likely N-dealkylation sites (tertiary alicyclic amines) is 1. The number of rotatable bonds is 5. The Bertz CT molecular complexity index is 946. The van der Waals surface area contributed by atoms with Gasteiger partial charge in [-0.15, -0.1) is 0 Å². The molecule has 0 radical (unpaired) electrons. The average molecular weight is 378 g/mol. The van der Waals surface area contributed by atoms with Crippen LogP contribution in [0.4, 0.5) is 0 Å². The highest BCUT2D eigenvalue weighted by molar-refractivity contribution is 5.76. The van der Waals surface area contributed by atoms with Gasteiger partial charge in [-0.05, 0) is 37.5 Å². The minimum atomic E-state index is -0.968. The van der Waals surface area contributed by atoms with Gasteiger partial charge in [0.05, 0.1) is 6.20 Å².